The van der Waals surface area contributed by atoms with Gasteiger partial charge in [-0.2, -0.15) is 4.98 Å². The Bertz CT molecular complexity index is 1170. The van der Waals surface area contributed by atoms with Crippen molar-refractivity contribution in [3.63, 3.8) is 0 Å². The van der Waals surface area contributed by atoms with Crippen molar-refractivity contribution < 1.29 is 9.21 Å². The van der Waals surface area contributed by atoms with Gasteiger partial charge in [0, 0.05) is 17.7 Å². The molecule has 0 bridgehead atoms. The van der Waals surface area contributed by atoms with Crippen LogP contribution < -0.4 is 10.6 Å². The van der Waals surface area contributed by atoms with Crippen LogP contribution >= 0.6 is 0 Å². The van der Waals surface area contributed by atoms with E-state index in [1.807, 2.05) is 36.4 Å². The third kappa shape index (κ3) is 3.38. The van der Waals surface area contributed by atoms with Crippen molar-refractivity contribution in [3.8, 4) is 0 Å². The Morgan fingerprint density at radius 1 is 1.10 bits per heavy atom. The highest BCUT2D eigenvalue weighted by Gasteiger charge is 2.39. The highest BCUT2D eigenvalue weighted by molar-refractivity contribution is 6.03. The van der Waals surface area contributed by atoms with Crippen molar-refractivity contribution in [3.05, 3.63) is 70.9 Å². The molecule has 3 aromatic rings. The predicted octanol–water partition coefficient (Wildman–Crippen LogP) is 4.89. The lowest BCUT2D eigenvalue weighted by molar-refractivity contribution is -0.118. The summed E-state index contributed by atoms with van der Waals surface area (Å²) in [6.45, 7) is 6.29. The van der Waals surface area contributed by atoms with Gasteiger partial charge in [0.25, 0.3) is 0 Å². The summed E-state index contributed by atoms with van der Waals surface area (Å²) in [7, 11) is 0. The molecule has 2 aromatic carbocycles. The van der Waals surface area contributed by atoms with Gasteiger partial charge in [0.05, 0.1) is 0 Å². The van der Waals surface area contributed by atoms with Crippen LogP contribution in [-0.4, -0.2) is 16.7 Å². The van der Waals surface area contributed by atoms with E-state index >= 15 is 0 Å². The van der Waals surface area contributed by atoms with Gasteiger partial charge >= 0.3 is 6.01 Å². The van der Waals surface area contributed by atoms with Gasteiger partial charge in [-0.15, -0.1) is 0 Å². The summed E-state index contributed by atoms with van der Waals surface area (Å²) >= 11 is 0. The molecule has 2 N–H and O–H groups in total. The number of aromatic nitrogens is 1. The first kappa shape index (κ1) is 18.6. The molecular weight excluding hydrogens is 376 g/mol. The molecule has 2 aliphatic rings. The molecule has 0 fully saturated rings. The second kappa shape index (κ2) is 6.83. The number of Topliss-reactive ketones (excluding diaryl/α,β-unsaturated/α-hetero) is 1. The molecule has 5 rings (SSSR count). The molecular formula is C24H24N4O2. The normalized spacial score (nSPS) is 20.6. The van der Waals surface area contributed by atoms with E-state index in [0.717, 1.165) is 28.8 Å². The minimum absolute atomic E-state index is 0.0964. The van der Waals surface area contributed by atoms with Crippen molar-refractivity contribution in [1.29, 1.82) is 0 Å². The van der Waals surface area contributed by atoms with Gasteiger partial charge in [0.15, 0.2) is 11.4 Å². The van der Waals surface area contributed by atoms with Crippen LogP contribution in [0.15, 0.2) is 69.2 Å². The molecule has 6 nitrogen and oxygen atoms in total. The van der Waals surface area contributed by atoms with E-state index in [4.69, 9.17) is 9.41 Å². The Balaban J connectivity index is 1.54. The Morgan fingerprint density at radius 3 is 2.63 bits per heavy atom. The van der Waals surface area contributed by atoms with Crippen LogP contribution in [0.2, 0.25) is 0 Å². The Morgan fingerprint density at radius 2 is 1.87 bits per heavy atom. The lowest BCUT2D eigenvalue weighted by Crippen LogP contribution is -2.41. The molecule has 1 aliphatic carbocycles. The fourth-order valence-corrected chi connectivity index (χ4v) is 4.21. The standard InChI is InChI=1S/C24H24N4O2/c1-14-8-10-15(11-9-14)21-20-17(12-24(2,3)13-18(20)29)25-22(27-21)28-23-26-16-6-4-5-7-19(16)30-23/h4-11,21H,12-13H2,1-3H3,(H2,25,26,27,28)/t21-/m0/s1. The van der Waals surface area contributed by atoms with Crippen molar-refractivity contribution >= 4 is 28.9 Å². The highest BCUT2D eigenvalue weighted by Crippen LogP contribution is 2.43. The molecule has 1 aliphatic heterocycles. The van der Waals surface area contributed by atoms with Crippen LogP contribution in [0.25, 0.3) is 11.1 Å². The number of rotatable bonds is 2. The second-order valence-electron chi connectivity index (χ2n) is 8.86. The number of ketones is 1. The van der Waals surface area contributed by atoms with Gasteiger partial charge in [0.2, 0.25) is 5.96 Å². The topological polar surface area (TPSA) is 79.5 Å². The number of anilines is 1. The monoisotopic (exact) mass is 400 g/mol. The van der Waals surface area contributed by atoms with Crippen molar-refractivity contribution in [2.75, 3.05) is 5.32 Å². The first-order valence-electron chi connectivity index (χ1n) is 10.2. The number of oxazole rings is 1. The molecule has 1 atom stereocenters. The quantitative estimate of drug-likeness (QED) is 0.640. The van der Waals surface area contributed by atoms with Gasteiger partial charge in [-0.05, 0) is 36.5 Å². The number of nitrogens with one attached hydrogen (secondary N) is 2. The molecule has 0 saturated carbocycles. The van der Waals surface area contributed by atoms with Crippen LogP contribution in [0.4, 0.5) is 6.01 Å². The van der Waals surface area contributed by atoms with E-state index in [9.17, 15) is 4.79 Å². The number of carbonyl (C=O) groups is 1. The molecule has 6 heteroatoms. The van der Waals surface area contributed by atoms with E-state index in [1.54, 1.807) is 0 Å². The fraction of sp³-hybridized carbons (Fsp3) is 0.292. The first-order valence-corrected chi connectivity index (χ1v) is 10.2. The number of hydrogen-bond donors (Lipinski definition) is 2. The Hall–Kier alpha value is -3.41. The van der Waals surface area contributed by atoms with E-state index in [2.05, 4.69) is 48.5 Å². The SMILES string of the molecule is Cc1ccc([C@@H]2N=C(Nc3nc4ccccc4o3)NC3=C2C(=O)CC(C)(C)C3)cc1. The van der Waals surface area contributed by atoms with E-state index in [-0.39, 0.29) is 17.2 Å². The number of nitrogens with zero attached hydrogens (tertiary/aromatic N) is 2. The summed E-state index contributed by atoms with van der Waals surface area (Å²) in [6.07, 6.45) is 1.31. The smallest absolute Gasteiger partial charge is 0.302 e. The number of allylic oxidation sites excluding steroid dienone is 1. The summed E-state index contributed by atoms with van der Waals surface area (Å²) in [5, 5.41) is 6.52. The van der Waals surface area contributed by atoms with Crippen LogP contribution in [0.1, 0.15) is 43.9 Å². The van der Waals surface area contributed by atoms with Gasteiger partial charge in [-0.1, -0.05) is 55.8 Å². The fourth-order valence-electron chi connectivity index (χ4n) is 4.21. The molecule has 0 amide bonds. The molecule has 0 saturated heterocycles. The largest absolute Gasteiger partial charge is 0.423 e. The molecule has 30 heavy (non-hydrogen) atoms. The third-order valence-corrected chi connectivity index (χ3v) is 5.63. The summed E-state index contributed by atoms with van der Waals surface area (Å²) in [4.78, 5) is 22.4. The van der Waals surface area contributed by atoms with E-state index in [1.165, 1.54) is 5.56 Å². The second-order valence-corrected chi connectivity index (χ2v) is 8.86. The number of aryl methyl sites for hydroxylation is 1. The zero-order valence-corrected chi connectivity index (χ0v) is 17.3. The first-order chi connectivity index (χ1) is 14.4. The van der Waals surface area contributed by atoms with Crippen molar-refractivity contribution in [2.24, 2.45) is 10.4 Å². The van der Waals surface area contributed by atoms with Crippen molar-refractivity contribution in [1.82, 2.24) is 10.3 Å². The number of para-hydroxylation sites is 2. The molecule has 152 valence electrons. The number of aliphatic imine (C=N–C) groups is 1. The minimum atomic E-state index is -0.350. The number of fused-ring (bicyclic) bond motifs is 1. The molecule has 1 aromatic heterocycles. The van der Waals surface area contributed by atoms with E-state index in [0.29, 0.717) is 24.0 Å². The highest BCUT2D eigenvalue weighted by atomic mass is 16.4. The minimum Gasteiger partial charge on any atom is -0.423 e. The lowest BCUT2D eigenvalue weighted by Gasteiger charge is -2.37. The maximum atomic E-state index is 13.1. The average Bonchev–Trinajstić information content (AvgIpc) is 3.09. The molecule has 2 heterocycles. The predicted molar refractivity (Wildman–Crippen MR) is 117 cm³/mol. The van der Waals surface area contributed by atoms with Crippen molar-refractivity contribution in [2.45, 2.75) is 39.7 Å². The van der Waals surface area contributed by atoms with Crippen LogP contribution in [0, 0.1) is 12.3 Å². The maximum Gasteiger partial charge on any atom is 0.302 e. The van der Waals surface area contributed by atoms with Gasteiger partial charge in [0.1, 0.15) is 11.6 Å². The van der Waals surface area contributed by atoms with E-state index < -0.39 is 0 Å². The lowest BCUT2D eigenvalue weighted by atomic mass is 9.73. The summed E-state index contributed by atoms with van der Waals surface area (Å²) < 4.78 is 5.80. The Kier molecular flexibility index (Phi) is 4.24. The third-order valence-electron chi connectivity index (χ3n) is 5.63. The molecule has 0 radical (unpaired) electrons. The zero-order chi connectivity index (χ0) is 20.9. The van der Waals surface area contributed by atoms with Crippen LogP contribution in [-0.2, 0) is 4.79 Å². The zero-order valence-electron chi connectivity index (χ0n) is 17.3. The number of benzene rings is 2. The molecule has 0 spiro atoms. The summed E-state index contributed by atoms with van der Waals surface area (Å²) in [5.41, 5.74) is 5.25. The van der Waals surface area contributed by atoms with Gasteiger partial charge in [-0.3, -0.25) is 10.1 Å². The van der Waals surface area contributed by atoms with Crippen LogP contribution in [0.5, 0.6) is 0 Å². The number of hydrogen-bond acceptors (Lipinski definition) is 6. The summed E-state index contributed by atoms with van der Waals surface area (Å²) in [5.74, 6) is 0.695. The summed E-state index contributed by atoms with van der Waals surface area (Å²) in [6, 6.07) is 15.8. The maximum absolute atomic E-state index is 13.1. The van der Waals surface area contributed by atoms with Crippen LogP contribution in [0.3, 0.4) is 0 Å². The molecule has 0 unspecified atom stereocenters. The average molecular weight is 400 g/mol. The Labute approximate surface area is 175 Å². The number of carbonyl (C=O) groups excluding carboxylic acids is 1. The van der Waals surface area contributed by atoms with Gasteiger partial charge < -0.3 is 9.73 Å². The van der Waals surface area contributed by atoms with Gasteiger partial charge in [-0.25, -0.2) is 4.99 Å². The number of guanidine groups is 1.